The number of nitrogens with zero attached hydrogens (tertiary/aromatic N) is 2. The normalized spacial score (nSPS) is 20.3. The van der Waals surface area contributed by atoms with Crippen molar-refractivity contribution in [2.45, 2.75) is 58.0 Å². The zero-order valence-corrected chi connectivity index (χ0v) is 16.9. The second-order valence-corrected chi connectivity index (χ2v) is 8.56. The second kappa shape index (κ2) is 8.61. The minimum absolute atomic E-state index is 0.00774. The number of unbranched alkanes of at least 4 members (excludes halogenated alkanes) is 1. The summed E-state index contributed by atoms with van der Waals surface area (Å²) in [6.07, 6.45) is 5.13. The van der Waals surface area contributed by atoms with Crippen LogP contribution in [0.5, 0.6) is 0 Å². The van der Waals surface area contributed by atoms with E-state index in [0.29, 0.717) is 31.1 Å². The molecule has 1 spiro atoms. The van der Waals surface area contributed by atoms with Crippen molar-refractivity contribution in [3.05, 3.63) is 34.9 Å². The summed E-state index contributed by atoms with van der Waals surface area (Å²) >= 11 is 5.94. The number of hydrogen-bond acceptors (Lipinski definition) is 3. The van der Waals surface area contributed by atoms with Crippen LogP contribution in [0.25, 0.3) is 0 Å². The molecule has 2 fully saturated rings. The molecular formula is C21H30ClN3O2. The molecule has 148 valence electrons. The van der Waals surface area contributed by atoms with Crippen molar-refractivity contribution in [3.63, 3.8) is 0 Å². The van der Waals surface area contributed by atoms with Crippen LogP contribution in [0.2, 0.25) is 5.02 Å². The Morgan fingerprint density at radius 3 is 2.56 bits per heavy atom. The van der Waals surface area contributed by atoms with Crippen LogP contribution in [0.3, 0.4) is 0 Å². The van der Waals surface area contributed by atoms with Crippen LogP contribution >= 0.6 is 11.6 Å². The van der Waals surface area contributed by atoms with Crippen LogP contribution in [-0.4, -0.2) is 47.3 Å². The molecule has 2 saturated heterocycles. The Balaban J connectivity index is 1.54. The largest absolute Gasteiger partial charge is 0.341 e. The molecular weight excluding hydrogens is 362 g/mol. The number of amides is 2. The number of rotatable bonds is 6. The van der Waals surface area contributed by atoms with Crippen LogP contribution in [0.15, 0.2) is 24.3 Å². The standard InChI is InChI=1S/C21H30ClN3O2/c1-2-3-4-18(23)20(27)24-11-9-21(10-12-24)13-19(26)25(15-21)14-16-5-7-17(22)8-6-16/h5-8,18H,2-4,9-15,23H2,1H3/t18-/m0/s1. The molecule has 1 aromatic rings. The van der Waals surface area contributed by atoms with Crippen LogP contribution in [0.4, 0.5) is 0 Å². The van der Waals surface area contributed by atoms with Crippen molar-refractivity contribution in [1.82, 2.24) is 9.80 Å². The van der Waals surface area contributed by atoms with Crippen molar-refractivity contribution in [3.8, 4) is 0 Å². The Bertz CT molecular complexity index is 669. The van der Waals surface area contributed by atoms with E-state index in [0.717, 1.165) is 44.2 Å². The van der Waals surface area contributed by atoms with E-state index in [1.165, 1.54) is 0 Å². The SMILES string of the molecule is CCCC[C@H](N)C(=O)N1CCC2(CC1)CC(=O)N(Cc1ccc(Cl)cc1)C2. The van der Waals surface area contributed by atoms with Gasteiger partial charge < -0.3 is 15.5 Å². The lowest BCUT2D eigenvalue weighted by Gasteiger charge is -2.39. The van der Waals surface area contributed by atoms with Crippen molar-refractivity contribution < 1.29 is 9.59 Å². The third-order valence-corrected chi connectivity index (χ3v) is 6.27. The zero-order valence-electron chi connectivity index (χ0n) is 16.1. The molecule has 3 rings (SSSR count). The van der Waals surface area contributed by atoms with Gasteiger partial charge in [0.05, 0.1) is 6.04 Å². The molecule has 0 saturated carbocycles. The monoisotopic (exact) mass is 391 g/mol. The minimum Gasteiger partial charge on any atom is -0.341 e. The number of carbonyl (C=O) groups is 2. The van der Waals surface area contributed by atoms with Gasteiger partial charge in [0, 0.05) is 43.0 Å². The Hall–Kier alpha value is -1.59. The molecule has 2 aliphatic rings. The molecule has 1 aromatic carbocycles. The number of carbonyl (C=O) groups excluding carboxylic acids is 2. The molecule has 2 aliphatic heterocycles. The summed E-state index contributed by atoms with van der Waals surface area (Å²) in [7, 11) is 0. The smallest absolute Gasteiger partial charge is 0.239 e. The lowest BCUT2D eigenvalue weighted by Crippen LogP contribution is -2.49. The summed E-state index contributed by atoms with van der Waals surface area (Å²) in [6, 6.07) is 7.28. The van der Waals surface area contributed by atoms with Crippen molar-refractivity contribution in [2.24, 2.45) is 11.1 Å². The van der Waals surface area contributed by atoms with E-state index >= 15 is 0 Å². The topological polar surface area (TPSA) is 66.6 Å². The summed E-state index contributed by atoms with van der Waals surface area (Å²) in [5.41, 5.74) is 7.16. The predicted octanol–water partition coefficient (Wildman–Crippen LogP) is 3.20. The number of nitrogens with two attached hydrogens (primary N) is 1. The molecule has 5 nitrogen and oxygen atoms in total. The van der Waals surface area contributed by atoms with E-state index in [2.05, 4.69) is 6.92 Å². The number of halogens is 1. The van der Waals surface area contributed by atoms with Crippen LogP contribution < -0.4 is 5.73 Å². The van der Waals surface area contributed by atoms with Crippen molar-refractivity contribution in [1.29, 1.82) is 0 Å². The van der Waals surface area contributed by atoms with Gasteiger partial charge in [0.1, 0.15) is 0 Å². The summed E-state index contributed by atoms with van der Waals surface area (Å²) in [4.78, 5) is 28.9. The third kappa shape index (κ3) is 4.82. The van der Waals surface area contributed by atoms with E-state index in [-0.39, 0.29) is 23.3 Å². The number of piperidine rings is 1. The molecule has 0 radical (unpaired) electrons. The van der Waals surface area contributed by atoms with Gasteiger partial charge in [0.25, 0.3) is 0 Å². The first-order valence-electron chi connectivity index (χ1n) is 9.99. The summed E-state index contributed by atoms with van der Waals surface area (Å²) in [6.45, 7) is 4.93. The number of benzene rings is 1. The second-order valence-electron chi connectivity index (χ2n) is 8.13. The Morgan fingerprint density at radius 2 is 1.93 bits per heavy atom. The first kappa shape index (κ1) is 20.2. The van der Waals surface area contributed by atoms with Crippen molar-refractivity contribution >= 4 is 23.4 Å². The van der Waals surface area contributed by atoms with Gasteiger partial charge in [-0.15, -0.1) is 0 Å². The first-order valence-corrected chi connectivity index (χ1v) is 10.4. The molecule has 2 N–H and O–H groups in total. The maximum absolute atomic E-state index is 12.6. The summed E-state index contributed by atoms with van der Waals surface area (Å²) in [5, 5.41) is 0.706. The van der Waals surface area contributed by atoms with Gasteiger partial charge in [-0.3, -0.25) is 9.59 Å². The van der Waals surface area contributed by atoms with Gasteiger partial charge in [-0.25, -0.2) is 0 Å². The predicted molar refractivity (Wildman–Crippen MR) is 107 cm³/mol. The van der Waals surface area contributed by atoms with Gasteiger partial charge in [-0.05, 0) is 37.0 Å². The van der Waals surface area contributed by atoms with Gasteiger partial charge in [0.15, 0.2) is 0 Å². The molecule has 27 heavy (non-hydrogen) atoms. The average molecular weight is 392 g/mol. The quantitative estimate of drug-likeness (QED) is 0.809. The molecule has 0 unspecified atom stereocenters. The van der Waals surface area contributed by atoms with Crippen LogP contribution in [0.1, 0.15) is 51.0 Å². The maximum Gasteiger partial charge on any atom is 0.239 e. The fraction of sp³-hybridized carbons (Fsp3) is 0.619. The Morgan fingerprint density at radius 1 is 1.26 bits per heavy atom. The summed E-state index contributed by atoms with van der Waals surface area (Å²) in [5.74, 6) is 0.282. The molecule has 2 amide bonds. The highest BCUT2D eigenvalue weighted by Gasteiger charge is 2.45. The molecule has 6 heteroatoms. The van der Waals surface area contributed by atoms with Gasteiger partial charge in [-0.1, -0.05) is 43.5 Å². The van der Waals surface area contributed by atoms with E-state index in [9.17, 15) is 9.59 Å². The highest BCUT2D eigenvalue weighted by molar-refractivity contribution is 6.30. The first-order chi connectivity index (χ1) is 12.9. The molecule has 0 aliphatic carbocycles. The third-order valence-electron chi connectivity index (χ3n) is 6.01. The number of hydrogen-bond donors (Lipinski definition) is 1. The fourth-order valence-corrected chi connectivity index (χ4v) is 4.38. The zero-order chi connectivity index (χ0) is 19.4. The molecule has 2 heterocycles. The Kier molecular flexibility index (Phi) is 6.43. The maximum atomic E-state index is 12.6. The lowest BCUT2D eigenvalue weighted by atomic mass is 9.77. The number of likely N-dealkylation sites (tertiary alicyclic amines) is 2. The van der Waals surface area contributed by atoms with Crippen molar-refractivity contribution in [2.75, 3.05) is 19.6 Å². The lowest BCUT2D eigenvalue weighted by molar-refractivity contribution is -0.135. The van der Waals surface area contributed by atoms with E-state index < -0.39 is 0 Å². The Labute approximate surface area is 166 Å². The van der Waals surface area contributed by atoms with Gasteiger partial charge in [0.2, 0.25) is 11.8 Å². The molecule has 1 atom stereocenters. The fourth-order valence-electron chi connectivity index (χ4n) is 4.25. The van der Waals surface area contributed by atoms with E-state index in [1.54, 1.807) is 0 Å². The molecule has 0 bridgehead atoms. The van der Waals surface area contributed by atoms with Crippen LogP contribution in [0, 0.1) is 5.41 Å². The highest BCUT2D eigenvalue weighted by Crippen LogP contribution is 2.41. The highest BCUT2D eigenvalue weighted by atomic mass is 35.5. The minimum atomic E-state index is -0.384. The van der Waals surface area contributed by atoms with Gasteiger partial charge >= 0.3 is 0 Å². The molecule has 0 aromatic heterocycles. The van der Waals surface area contributed by atoms with E-state index in [1.807, 2.05) is 34.1 Å². The van der Waals surface area contributed by atoms with Gasteiger partial charge in [-0.2, -0.15) is 0 Å². The van der Waals surface area contributed by atoms with E-state index in [4.69, 9.17) is 17.3 Å². The summed E-state index contributed by atoms with van der Waals surface area (Å²) < 4.78 is 0. The van der Waals surface area contributed by atoms with Crippen LogP contribution in [-0.2, 0) is 16.1 Å². The average Bonchev–Trinajstić information content (AvgIpc) is 2.96.